The summed E-state index contributed by atoms with van der Waals surface area (Å²) in [5, 5.41) is 0. The summed E-state index contributed by atoms with van der Waals surface area (Å²) < 4.78 is 0. The molecule has 0 aliphatic carbocycles. The molecule has 14 heavy (non-hydrogen) atoms. The molecule has 0 aromatic heterocycles. The van der Waals surface area contributed by atoms with Crippen molar-refractivity contribution < 1.29 is 4.79 Å². The van der Waals surface area contributed by atoms with E-state index < -0.39 is 0 Å². The van der Waals surface area contributed by atoms with Gasteiger partial charge in [-0.1, -0.05) is 6.92 Å². The Hall–Kier alpha value is -0.610. The van der Waals surface area contributed by atoms with Crippen LogP contribution in [0.4, 0.5) is 0 Å². The van der Waals surface area contributed by atoms with Crippen LogP contribution < -0.4 is 11.3 Å². The van der Waals surface area contributed by atoms with Crippen molar-refractivity contribution in [3.63, 3.8) is 0 Å². The molecule has 0 spiro atoms. The Kier molecular flexibility index (Phi) is 4.35. The smallest absolute Gasteiger partial charge is 0.235 e. The molecule has 1 aliphatic heterocycles. The molecule has 1 rings (SSSR count). The number of nitrogens with two attached hydrogens (primary N) is 1. The summed E-state index contributed by atoms with van der Waals surface area (Å²) in [4.78, 5) is 13.4. The lowest BCUT2D eigenvalue weighted by atomic mass is 9.97. The highest BCUT2D eigenvalue weighted by Gasteiger charge is 2.21. The molecule has 1 atom stereocenters. The number of piperidine rings is 1. The Bertz CT molecular complexity index is 188. The fraction of sp³-hybridized carbons (Fsp3) is 0.900. The Morgan fingerprint density at radius 2 is 2.14 bits per heavy atom. The summed E-state index contributed by atoms with van der Waals surface area (Å²) in [6.45, 7) is 6.60. The fourth-order valence-electron chi connectivity index (χ4n) is 1.93. The molecule has 82 valence electrons. The summed E-state index contributed by atoms with van der Waals surface area (Å²) in [5.74, 6) is 5.82. The first-order chi connectivity index (χ1) is 6.63. The number of rotatable bonds is 3. The standard InChI is InChI=1S/C10H21N3O/c1-8-3-5-13(6-4-8)9(2)7-10(14)12-11/h8-9H,3-7,11H2,1-2H3,(H,12,14). The van der Waals surface area contributed by atoms with E-state index in [-0.39, 0.29) is 5.91 Å². The zero-order valence-electron chi connectivity index (χ0n) is 9.12. The molecule has 0 bridgehead atoms. The molecule has 1 amide bonds. The zero-order chi connectivity index (χ0) is 10.6. The molecule has 0 aromatic carbocycles. The molecule has 0 saturated carbocycles. The van der Waals surface area contributed by atoms with Gasteiger partial charge in [0.15, 0.2) is 0 Å². The van der Waals surface area contributed by atoms with E-state index in [4.69, 9.17) is 5.84 Å². The van der Waals surface area contributed by atoms with Crippen molar-refractivity contribution in [3.8, 4) is 0 Å². The second-order valence-corrected chi connectivity index (χ2v) is 4.34. The van der Waals surface area contributed by atoms with Gasteiger partial charge in [-0.3, -0.25) is 10.2 Å². The van der Waals surface area contributed by atoms with E-state index in [0.717, 1.165) is 19.0 Å². The number of carbonyl (C=O) groups is 1. The second-order valence-electron chi connectivity index (χ2n) is 4.34. The maximum atomic E-state index is 11.1. The normalized spacial score (nSPS) is 21.9. The van der Waals surface area contributed by atoms with E-state index in [1.165, 1.54) is 12.8 Å². The third kappa shape index (κ3) is 3.27. The quantitative estimate of drug-likeness (QED) is 0.395. The average molecular weight is 199 g/mol. The third-order valence-electron chi connectivity index (χ3n) is 3.08. The van der Waals surface area contributed by atoms with Crippen molar-refractivity contribution in [3.05, 3.63) is 0 Å². The van der Waals surface area contributed by atoms with Crippen LogP contribution in [-0.4, -0.2) is 29.9 Å². The molecule has 4 heteroatoms. The van der Waals surface area contributed by atoms with Crippen LogP contribution in [0.2, 0.25) is 0 Å². The van der Waals surface area contributed by atoms with Gasteiger partial charge in [0.1, 0.15) is 0 Å². The number of amides is 1. The van der Waals surface area contributed by atoms with Crippen LogP contribution in [0, 0.1) is 5.92 Å². The van der Waals surface area contributed by atoms with E-state index in [9.17, 15) is 4.79 Å². The van der Waals surface area contributed by atoms with Crippen molar-refractivity contribution in [1.29, 1.82) is 0 Å². The van der Waals surface area contributed by atoms with Gasteiger partial charge in [0.2, 0.25) is 5.91 Å². The summed E-state index contributed by atoms with van der Waals surface area (Å²) in [7, 11) is 0. The molecule has 1 aliphatic rings. The summed E-state index contributed by atoms with van der Waals surface area (Å²) in [6.07, 6.45) is 2.99. The monoisotopic (exact) mass is 199 g/mol. The van der Waals surface area contributed by atoms with Crippen LogP contribution >= 0.6 is 0 Å². The highest BCUT2D eigenvalue weighted by molar-refractivity contribution is 5.75. The first-order valence-electron chi connectivity index (χ1n) is 5.37. The number of likely N-dealkylation sites (tertiary alicyclic amines) is 1. The lowest BCUT2D eigenvalue weighted by molar-refractivity contribution is -0.122. The van der Waals surface area contributed by atoms with Crippen LogP contribution in [-0.2, 0) is 4.79 Å². The van der Waals surface area contributed by atoms with Crippen molar-refractivity contribution >= 4 is 5.91 Å². The van der Waals surface area contributed by atoms with Gasteiger partial charge in [-0.05, 0) is 38.8 Å². The highest BCUT2D eigenvalue weighted by atomic mass is 16.2. The predicted molar refractivity (Wildman–Crippen MR) is 56.4 cm³/mol. The second kappa shape index (κ2) is 5.32. The largest absolute Gasteiger partial charge is 0.300 e. The minimum absolute atomic E-state index is 0.0730. The van der Waals surface area contributed by atoms with Crippen LogP contribution in [0.15, 0.2) is 0 Å². The minimum Gasteiger partial charge on any atom is -0.300 e. The van der Waals surface area contributed by atoms with Crippen molar-refractivity contribution in [2.24, 2.45) is 11.8 Å². The van der Waals surface area contributed by atoms with Gasteiger partial charge in [0.05, 0.1) is 0 Å². The Labute approximate surface area is 85.8 Å². The molecule has 0 radical (unpaired) electrons. The first kappa shape index (κ1) is 11.5. The van der Waals surface area contributed by atoms with Gasteiger partial charge >= 0.3 is 0 Å². The Balaban J connectivity index is 2.30. The van der Waals surface area contributed by atoms with E-state index in [0.29, 0.717) is 12.5 Å². The Morgan fingerprint density at radius 3 is 2.64 bits per heavy atom. The number of carbonyl (C=O) groups excluding carboxylic acids is 1. The lowest BCUT2D eigenvalue weighted by Gasteiger charge is -2.34. The zero-order valence-corrected chi connectivity index (χ0v) is 9.12. The van der Waals surface area contributed by atoms with Crippen molar-refractivity contribution in [2.75, 3.05) is 13.1 Å². The number of nitrogens with zero attached hydrogens (tertiary/aromatic N) is 1. The van der Waals surface area contributed by atoms with Gasteiger partial charge in [-0.15, -0.1) is 0 Å². The van der Waals surface area contributed by atoms with Gasteiger partial charge < -0.3 is 4.90 Å². The molecule has 1 unspecified atom stereocenters. The molecule has 1 saturated heterocycles. The maximum Gasteiger partial charge on any atom is 0.235 e. The topological polar surface area (TPSA) is 58.4 Å². The van der Waals surface area contributed by atoms with E-state index in [1.54, 1.807) is 0 Å². The molecule has 0 aromatic rings. The van der Waals surface area contributed by atoms with Gasteiger partial charge in [0, 0.05) is 12.5 Å². The van der Waals surface area contributed by atoms with E-state index >= 15 is 0 Å². The van der Waals surface area contributed by atoms with Gasteiger partial charge in [-0.2, -0.15) is 0 Å². The number of nitrogens with one attached hydrogen (secondary N) is 1. The molecule has 3 N–H and O–H groups in total. The van der Waals surface area contributed by atoms with Gasteiger partial charge in [-0.25, -0.2) is 5.84 Å². The van der Waals surface area contributed by atoms with E-state index in [1.807, 2.05) is 0 Å². The number of hydrogen-bond acceptors (Lipinski definition) is 3. The van der Waals surface area contributed by atoms with Crippen LogP contribution in [0.3, 0.4) is 0 Å². The van der Waals surface area contributed by atoms with Gasteiger partial charge in [0.25, 0.3) is 0 Å². The maximum absolute atomic E-state index is 11.1. The molecule has 4 nitrogen and oxygen atoms in total. The Morgan fingerprint density at radius 1 is 1.57 bits per heavy atom. The van der Waals surface area contributed by atoms with Crippen LogP contribution in [0.5, 0.6) is 0 Å². The average Bonchev–Trinajstić information content (AvgIpc) is 2.18. The lowest BCUT2D eigenvalue weighted by Crippen LogP contribution is -2.43. The predicted octanol–water partition coefficient (Wildman–Crippen LogP) is 0.487. The molecular formula is C10H21N3O. The van der Waals surface area contributed by atoms with E-state index in [2.05, 4.69) is 24.2 Å². The molecule has 1 heterocycles. The minimum atomic E-state index is -0.0730. The number of hydrazine groups is 1. The highest BCUT2D eigenvalue weighted by Crippen LogP contribution is 2.18. The third-order valence-corrected chi connectivity index (χ3v) is 3.08. The SMILES string of the molecule is CC1CCN(C(C)CC(=O)NN)CC1. The van der Waals surface area contributed by atoms with Crippen molar-refractivity contribution in [2.45, 2.75) is 39.2 Å². The summed E-state index contributed by atoms with van der Waals surface area (Å²) >= 11 is 0. The van der Waals surface area contributed by atoms with Crippen molar-refractivity contribution in [1.82, 2.24) is 10.3 Å². The van der Waals surface area contributed by atoms with Crippen LogP contribution in [0.25, 0.3) is 0 Å². The fourth-order valence-corrected chi connectivity index (χ4v) is 1.93. The first-order valence-corrected chi connectivity index (χ1v) is 5.37. The molecular weight excluding hydrogens is 178 g/mol. The summed E-state index contributed by atoms with van der Waals surface area (Å²) in [5.41, 5.74) is 2.18. The molecule has 1 fully saturated rings. The number of hydrogen-bond donors (Lipinski definition) is 2. The summed E-state index contributed by atoms with van der Waals surface area (Å²) in [6, 6.07) is 0.311. The van der Waals surface area contributed by atoms with Crippen LogP contribution in [0.1, 0.15) is 33.1 Å².